The zero-order chi connectivity index (χ0) is 22.5. The Bertz CT molecular complexity index is 1280. The molecule has 0 bridgehead atoms. The van der Waals surface area contributed by atoms with E-state index in [0.717, 1.165) is 27.3 Å². The lowest BCUT2D eigenvalue weighted by Crippen LogP contribution is -2.34. The molecular formula is C23H23N5O4. The van der Waals surface area contributed by atoms with Crippen molar-refractivity contribution >= 4 is 11.4 Å². The summed E-state index contributed by atoms with van der Waals surface area (Å²) in [5.74, 6) is 1.20. The number of carbonyl (C=O) groups is 1. The molecule has 2 aromatic heterocycles. The average molecular weight is 433 g/mol. The minimum absolute atomic E-state index is 0.185. The van der Waals surface area contributed by atoms with Crippen LogP contribution in [-0.2, 0) is 17.9 Å². The number of hydrogen-bond acceptors (Lipinski definition) is 6. The molecule has 0 aliphatic carbocycles. The Morgan fingerprint density at radius 1 is 1.06 bits per heavy atom. The predicted molar refractivity (Wildman–Crippen MR) is 119 cm³/mol. The van der Waals surface area contributed by atoms with Crippen LogP contribution in [0.25, 0.3) is 16.8 Å². The third-order valence-electron chi connectivity index (χ3n) is 4.89. The van der Waals surface area contributed by atoms with Gasteiger partial charge in [0.15, 0.2) is 0 Å². The SMILES string of the molecule is CCOc1ccc(CNC(=O)Cn2ncn3nc(-c4ccc(OC)cc4)cc3c2=O)cc1. The molecule has 0 atom stereocenters. The van der Waals surface area contributed by atoms with Gasteiger partial charge < -0.3 is 14.8 Å². The summed E-state index contributed by atoms with van der Waals surface area (Å²) < 4.78 is 13.1. The molecule has 1 amide bonds. The molecule has 9 heteroatoms. The summed E-state index contributed by atoms with van der Waals surface area (Å²) in [6.45, 7) is 2.68. The van der Waals surface area contributed by atoms with Gasteiger partial charge in [-0.25, -0.2) is 9.20 Å². The summed E-state index contributed by atoms with van der Waals surface area (Å²) in [7, 11) is 1.60. The number of carbonyl (C=O) groups excluding carboxylic acids is 1. The number of nitrogens with zero attached hydrogens (tertiary/aromatic N) is 4. The van der Waals surface area contributed by atoms with Crippen molar-refractivity contribution in [2.75, 3.05) is 13.7 Å². The maximum absolute atomic E-state index is 12.8. The molecule has 0 spiro atoms. The monoisotopic (exact) mass is 433 g/mol. The molecule has 0 aliphatic heterocycles. The number of nitrogens with one attached hydrogen (secondary N) is 1. The Morgan fingerprint density at radius 2 is 1.78 bits per heavy atom. The maximum Gasteiger partial charge on any atom is 0.293 e. The van der Waals surface area contributed by atoms with E-state index in [9.17, 15) is 9.59 Å². The summed E-state index contributed by atoms with van der Waals surface area (Å²) in [5.41, 5.74) is 2.34. The first kappa shape index (κ1) is 21.1. The first-order valence-corrected chi connectivity index (χ1v) is 10.2. The van der Waals surface area contributed by atoms with Crippen LogP contribution in [0.4, 0.5) is 0 Å². The van der Waals surface area contributed by atoms with Gasteiger partial charge in [-0.1, -0.05) is 12.1 Å². The van der Waals surface area contributed by atoms with Crippen LogP contribution in [0.15, 0.2) is 65.7 Å². The lowest BCUT2D eigenvalue weighted by Gasteiger charge is -2.08. The van der Waals surface area contributed by atoms with Crippen molar-refractivity contribution in [1.29, 1.82) is 0 Å². The van der Waals surface area contributed by atoms with Crippen LogP contribution < -0.4 is 20.3 Å². The number of amides is 1. The fourth-order valence-electron chi connectivity index (χ4n) is 3.22. The topological polar surface area (TPSA) is 99.8 Å². The van der Waals surface area contributed by atoms with Gasteiger partial charge in [0.25, 0.3) is 5.56 Å². The highest BCUT2D eigenvalue weighted by Crippen LogP contribution is 2.21. The van der Waals surface area contributed by atoms with Crippen molar-refractivity contribution in [3.63, 3.8) is 0 Å². The summed E-state index contributed by atoms with van der Waals surface area (Å²) >= 11 is 0. The number of hydrogen-bond donors (Lipinski definition) is 1. The van der Waals surface area contributed by atoms with Gasteiger partial charge in [-0.2, -0.15) is 10.2 Å². The maximum atomic E-state index is 12.8. The molecule has 0 radical (unpaired) electrons. The third-order valence-corrected chi connectivity index (χ3v) is 4.89. The number of aromatic nitrogens is 4. The van der Waals surface area contributed by atoms with Crippen LogP contribution in [0.3, 0.4) is 0 Å². The van der Waals surface area contributed by atoms with Gasteiger partial charge in [-0.05, 0) is 55.0 Å². The Balaban J connectivity index is 1.45. The van der Waals surface area contributed by atoms with E-state index in [1.54, 1.807) is 13.2 Å². The molecule has 4 aromatic rings. The standard InChI is InChI=1S/C23H23N5O4/c1-3-32-19-8-4-16(5-9-19)13-24-22(29)14-27-23(30)21-12-20(26-28(21)15-25-27)17-6-10-18(31-2)11-7-17/h4-12,15H,3,13-14H2,1-2H3,(H,24,29). The van der Waals surface area contributed by atoms with Crippen LogP contribution in [-0.4, -0.2) is 39.0 Å². The molecule has 0 saturated carbocycles. The predicted octanol–water partition coefficient (Wildman–Crippen LogP) is 2.28. The normalized spacial score (nSPS) is 10.8. The second-order valence-electron chi connectivity index (χ2n) is 7.04. The number of fused-ring (bicyclic) bond motifs is 1. The molecule has 0 fully saturated rings. The van der Waals surface area contributed by atoms with Crippen LogP contribution in [0.1, 0.15) is 12.5 Å². The molecule has 4 rings (SSSR count). The lowest BCUT2D eigenvalue weighted by atomic mass is 10.1. The van der Waals surface area contributed by atoms with Gasteiger partial charge in [0.1, 0.15) is 29.9 Å². The summed E-state index contributed by atoms with van der Waals surface area (Å²) in [6.07, 6.45) is 1.42. The zero-order valence-corrected chi connectivity index (χ0v) is 17.8. The first-order chi connectivity index (χ1) is 15.6. The number of ether oxygens (including phenoxy) is 2. The number of rotatable bonds is 8. The molecule has 0 aliphatic rings. The molecule has 0 unspecified atom stereocenters. The Kier molecular flexibility index (Phi) is 6.16. The largest absolute Gasteiger partial charge is 0.497 e. The molecule has 1 N–H and O–H groups in total. The van der Waals surface area contributed by atoms with Crippen molar-refractivity contribution in [3.8, 4) is 22.8 Å². The van der Waals surface area contributed by atoms with E-state index in [2.05, 4.69) is 15.5 Å². The van der Waals surface area contributed by atoms with Crippen LogP contribution >= 0.6 is 0 Å². The highest BCUT2D eigenvalue weighted by atomic mass is 16.5. The summed E-state index contributed by atoms with van der Waals surface area (Å²) in [4.78, 5) is 25.2. The van der Waals surface area contributed by atoms with E-state index in [1.165, 1.54) is 10.8 Å². The number of benzene rings is 2. The molecule has 32 heavy (non-hydrogen) atoms. The first-order valence-electron chi connectivity index (χ1n) is 10.2. The van der Waals surface area contributed by atoms with E-state index >= 15 is 0 Å². The average Bonchev–Trinajstić information content (AvgIpc) is 3.26. The summed E-state index contributed by atoms with van der Waals surface area (Å²) in [6, 6.07) is 16.5. The summed E-state index contributed by atoms with van der Waals surface area (Å²) in [5, 5.41) is 11.3. The van der Waals surface area contributed by atoms with Gasteiger partial charge in [0, 0.05) is 12.1 Å². The van der Waals surface area contributed by atoms with Gasteiger partial charge >= 0.3 is 0 Å². The fourth-order valence-corrected chi connectivity index (χ4v) is 3.22. The van der Waals surface area contributed by atoms with E-state index in [4.69, 9.17) is 9.47 Å². The van der Waals surface area contributed by atoms with Gasteiger partial charge in [-0.3, -0.25) is 9.59 Å². The molecule has 0 saturated heterocycles. The van der Waals surface area contributed by atoms with Gasteiger partial charge in [0.2, 0.25) is 5.91 Å². The lowest BCUT2D eigenvalue weighted by molar-refractivity contribution is -0.122. The Hall–Kier alpha value is -4.14. The third kappa shape index (κ3) is 4.61. The van der Waals surface area contributed by atoms with Crippen molar-refractivity contribution in [2.45, 2.75) is 20.0 Å². The molecule has 164 valence electrons. The van der Waals surface area contributed by atoms with E-state index in [0.29, 0.717) is 24.4 Å². The van der Waals surface area contributed by atoms with Crippen molar-refractivity contribution < 1.29 is 14.3 Å². The second-order valence-corrected chi connectivity index (χ2v) is 7.04. The second kappa shape index (κ2) is 9.34. The minimum atomic E-state index is -0.393. The highest BCUT2D eigenvalue weighted by Gasteiger charge is 2.12. The molecule has 9 nitrogen and oxygen atoms in total. The van der Waals surface area contributed by atoms with Gasteiger partial charge in [0.05, 0.1) is 19.4 Å². The van der Waals surface area contributed by atoms with Crippen molar-refractivity contribution in [1.82, 2.24) is 24.7 Å². The van der Waals surface area contributed by atoms with Crippen molar-refractivity contribution in [2.24, 2.45) is 0 Å². The van der Waals surface area contributed by atoms with Crippen LogP contribution in [0, 0.1) is 0 Å². The Labute approximate surface area is 184 Å². The minimum Gasteiger partial charge on any atom is -0.497 e. The number of methoxy groups -OCH3 is 1. The van der Waals surface area contributed by atoms with Gasteiger partial charge in [-0.15, -0.1) is 0 Å². The molecular weight excluding hydrogens is 410 g/mol. The fraction of sp³-hybridized carbons (Fsp3) is 0.217. The molecule has 2 heterocycles. The van der Waals surface area contributed by atoms with Crippen molar-refractivity contribution in [3.05, 3.63) is 76.8 Å². The van der Waals surface area contributed by atoms with E-state index in [-0.39, 0.29) is 12.5 Å². The highest BCUT2D eigenvalue weighted by molar-refractivity contribution is 5.75. The van der Waals surface area contributed by atoms with E-state index < -0.39 is 5.56 Å². The zero-order valence-electron chi connectivity index (χ0n) is 17.8. The molecule has 2 aromatic carbocycles. The van der Waals surface area contributed by atoms with Crippen LogP contribution in [0.2, 0.25) is 0 Å². The Morgan fingerprint density at radius 3 is 2.47 bits per heavy atom. The quantitative estimate of drug-likeness (QED) is 0.458. The smallest absolute Gasteiger partial charge is 0.293 e. The van der Waals surface area contributed by atoms with Crippen LogP contribution in [0.5, 0.6) is 11.5 Å². The van der Waals surface area contributed by atoms with E-state index in [1.807, 2.05) is 55.5 Å².